The van der Waals surface area contributed by atoms with Crippen molar-refractivity contribution in [2.24, 2.45) is 0 Å². The number of thiophene rings is 1. The highest BCUT2D eigenvalue weighted by Gasteiger charge is 2.19. The fourth-order valence-corrected chi connectivity index (χ4v) is 3.91. The number of fused-ring (bicyclic) bond motifs is 1. The SMILES string of the molecule is CC#CC(=O)Nc1cncc(-c2csc3c(=O)cc(N4CCOCC4)oc23)c1. The van der Waals surface area contributed by atoms with Crippen molar-refractivity contribution in [3.63, 3.8) is 0 Å². The third kappa shape index (κ3) is 3.63. The number of morpholine rings is 1. The van der Waals surface area contributed by atoms with E-state index >= 15 is 0 Å². The van der Waals surface area contributed by atoms with Crippen molar-refractivity contribution in [2.75, 3.05) is 36.5 Å². The van der Waals surface area contributed by atoms with Crippen LogP contribution in [-0.4, -0.2) is 37.2 Å². The molecule has 1 amide bonds. The van der Waals surface area contributed by atoms with Crippen LogP contribution in [0.15, 0.2) is 39.1 Å². The fourth-order valence-electron chi connectivity index (χ4n) is 3.00. The van der Waals surface area contributed by atoms with Crippen LogP contribution in [0.25, 0.3) is 21.4 Å². The Morgan fingerprint density at radius 3 is 2.89 bits per heavy atom. The molecule has 142 valence electrons. The second kappa shape index (κ2) is 7.84. The number of aromatic nitrogens is 1. The molecule has 7 nitrogen and oxygen atoms in total. The van der Waals surface area contributed by atoms with Gasteiger partial charge in [-0.1, -0.05) is 5.92 Å². The van der Waals surface area contributed by atoms with Gasteiger partial charge >= 0.3 is 0 Å². The summed E-state index contributed by atoms with van der Waals surface area (Å²) in [4.78, 5) is 30.5. The van der Waals surface area contributed by atoms with Gasteiger partial charge in [0.2, 0.25) is 5.43 Å². The van der Waals surface area contributed by atoms with E-state index in [2.05, 4.69) is 22.1 Å². The maximum absolute atomic E-state index is 12.6. The largest absolute Gasteiger partial charge is 0.439 e. The number of nitrogens with one attached hydrogen (secondary N) is 1. The lowest BCUT2D eigenvalue weighted by Gasteiger charge is -2.27. The van der Waals surface area contributed by atoms with Crippen molar-refractivity contribution in [1.82, 2.24) is 4.98 Å². The topological polar surface area (TPSA) is 84.7 Å². The highest BCUT2D eigenvalue weighted by atomic mass is 32.1. The van der Waals surface area contributed by atoms with Gasteiger partial charge < -0.3 is 19.4 Å². The van der Waals surface area contributed by atoms with Crippen LogP contribution < -0.4 is 15.6 Å². The minimum absolute atomic E-state index is 0.0744. The van der Waals surface area contributed by atoms with Crippen molar-refractivity contribution < 1.29 is 13.9 Å². The molecule has 1 fully saturated rings. The number of nitrogens with zero attached hydrogens (tertiary/aromatic N) is 2. The molecule has 3 aromatic rings. The molecule has 0 radical (unpaired) electrons. The molecule has 4 heterocycles. The van der Waals surface area contributed by atoms with Crippen LogP contribution in [0.1, 0.15) is 6.92 Å². The summed E-state index contributed by atoms with van der Waals surface area (Å²) in [6, 6.07) is 3.32. The first kappa shape index (κ1) is 18.2. The second-order valence-corrected chi connectivity index (χ2v) is 7.03. The van der Waals surface area contributed by atoms with E-state index in [1.807, 2.05) is 10.3 Å². The zero-order chi connectivity index (χ0) is 19.5. The molecule has 4 rings (SSSR count). The molecule has 0 aromatic carbocycles. The Bertz CT molecular complexity index is 1150. The van der Waals surface area contributed by atoms with E-state index in [4.69, 9.17) is 9.15 Å². The summed E-state index contributed by atoms with van der Waals surface area (Å²) in [5, 5.41) is 4.55. The van der Waals surface area contributed by atoms with E-state index in [9.17, 15) is 9.59 Å². The molecule has 1 N–H and O–H groups in total. The molecule has 1 aliphatic heterocycles. The summed E-state index contributed by atoms with van der Waals surface area (Å²) in [7, 11) is 0. The molecule has 28 heavy (non-hydrogen) atoms. The minimum atomic E-state index is -0.405. The standard InChI is InChI=1S/C20H17N3O4S/c1-2-3-17(25)22-14-8-13(10-21-11-14)15-12-28-20-16(24)9-18(27-19(15)20)23-4-6-26-7-5-23/h8-12H,4-7H2,1H3,(H,22,25). The van der Waals surface area contributed by atoms with E-state index in [0.29, 0.717) is 48.2 Å². The van der Waals surface area contributed by atoms with E-state index in [1.165, 1.54) is 17.4 Å². The summed E-state index contributed by atoms with van der Waals surface area (Å²) in [5.74, 6) is 5.11. The Kier molecular flexibility index (Phi) is 5.10. The Hall–Kier alpha value is -3.15. The van der Waals surface area contributed by atoms with Gasteiger partial charge in [-0.25, -0.2) is 0 Å². The van der Waals surface area contributed by atoms with E-state index < -0.39 is 5.91 Å². The lowest BCUT2D eigenvalue weighted by atomic mass is 10.1. The monoisotopic (exact) mass is 395 g/mol. The zero-order valence-electron chi connectivity index (χ0n) is 15.2. The number of ether oxygens (including phenoxy) is 1. The van der Waals surface area contributed by atoms with Gasteiger partial charge in [0.1, 0.15) is 4.70 Å². The zero-order valence-corrected chi connectivity index (χ0v) is 16.0. The average molecular weight is 395 g/mol. The summed E-state index contributed by atoms with van der Waals surface area (Å²) < 4.78 is 12.0. The summed E-state index contributed by atoms with van der Waals surface area (Å²) in [6.07, 6.45) is 3.21. The Morgan fingerprint density at radius 1 is 1.29 bits per heavy atom. The summed E-state index contributed by atoms with van der Waals surface area (Å²) in [5.41, 5.74) is 2.48. The first-order chi connectivity index (χ1) is 13.7. The van der Waals surface area contributed by atoms with Gasteiger partial charge in [0.25, 0.3) is 5.91 Å². The smallest absolute Gasteiger partial charge is 0.300 e. The van der Waals surface area contributed by atoms with Crippen molar-refractivity contribution in [3.8, 4) is 23.0 Å². The number of carbonyl (C=O) groups excluding carboxylic acids is 1. The van der Waals surface area contributed by atoms with Crippen LogP contribution in [0.5, 0.6) is 0 Å². The maximum atomic E-state index is 12.6. The highest BCUT2D eigenvalue weighted by Crippen LogP contribution is 2.35. The highest BCUT2D eigenvalue weighted by molar-refractivity contribution is 7.17. The van der Waals surface area contributed by atoms with Gasteiger partial charge in [0, 0.05) is 41.9 Å². The quantitative estimate of drug-likeness (QED) is 0.687. The molecule has 1 saturated heterocycles. The van der Waals surface area contributed by atoms with E-state index in [-0.39, 0.29) is 5.43 Å². The molecule has 1 aliphatic rings. The third-order valence-electron chi connectivity index (χ3n) is 4.30. The maximum Gasteiger partial charge on any atom is 0.300 e. The number of carbonyl (C=O) groups is 1. The van der Waals surface area contributed by atoms with Crippen molar-refractivity contribution in [1.29, 1.82) is 0 Å². The Morgan fingerprint density at radius 2 is 2.11 bits per heavy atom. The molecular formula is C20H17N3O4S. The lowest BCUT2D eigenvalue weighted by molar-refractivity contribution is -0.111. The van der Waals surface area contributed by atoms with Crippen molar-refractivity contribution >= 4 is 39.1 Å². The van der Waals surface area contributed by atoms with Crippen LogP contribution in [0.3, 0.4) is 0 Å². The molecule has 0 aliphatic carbocycles. The van der Waals surface area contributed by atoms with Crippen LogP contribution in [0.2, 0.25) is 0 Å². The van der Waals surface area contributed by atoms with Gasteiger partial charge in [-0.05, 0) is 18.9 Å². The molecular weight excluding hydrogens is 378 g/mol. The minimum Gasteiger partial charge on any atom is -0.439 e. The van der Waals surface area contributed by atoms with Crippen LogP contribution in [0.4, 0.5) is 11.6 Å². The van der Waals surface area contributed by atoms with Crippen LogP contribution in [0, 0.1) is 11.8 Å². The van der Waals surface area contributed by atoms with Gasteiger partial charge in [0.05, 0.1) is 25.1 Å². The van der Waals surface area contributed by atoms with E-state index in [0.717, 1.165) is 11.1 Å². The molecule has 3 aromatic heterocycles. The Balaban J connectivity index is 1.74. The lowest BCUT2D eigenvalue weighted by Crippen LogP contribution is -2.36. The molecule has 8 heteroatoms. The first-order valence-electron chi connectivity index (χ1n) is 8.73. The first-order valence-corrected chi connectivity index (χ1v) is 9.61. The number of pyridine rings is 1. The van der Waals surface area contributed by atoms with Crippen molar-refractivity contribution in [3.05, 3.63) is 40.1 Å². The van der Waals surface area contributed by atoms with Gasteiger partial charge in [-0.3, -0.25) is 14.6 Å². The predicted octanol–water partition coefficient (Wildman–Crippen LogP) is 2.71. The number of hydrogen-bond acceptors (Lipinski definition) is 7. The molecule has 0 atom stereocenters. The molecule has 0 bridgehead atoms. The summed E-state index contributed by atoms with van der Waals surface area (Å²) >= 11 is 1.33. The number of rotatable bonds is 3. The molecule has 0 unspecified atom stereocenters. The van der Waals surface area contributed by atoms with Gasteiger partial charge in [0.15, 0.2) is 11.5 Å². The number of amides is 1. The predicted molar refractivity (Wildman–Crippen MR) is 109 cm³/mol. The van der Waals surface area contributed by atoms with Crippen LogP contribution in [-0.2, 0) is 9.53 Å². The number of hydrogen-bond donors (Lipinski definition) is 1. The third-order valence-corrected chi connectivity index (χ3v) is 5.27. The van der Waals surface area contributed by atoms with Gasteiger partial charge in [-0.2, -0.15) is 0 Å². The van der Waals surface area contributed by atoms with Crippen LogP contribution >= 0.6 is 11.3 Å². The second-order valence-electron chi connectivity index (χ2n) is 6.15. The molecule has 0 saturated carbocycles. The normalized spacial score (nSPS) is 13.8. The summed E-state index contributed by atoms with van der Waals surface area (Å²) in [6.45, 7) is 4.15. The van der Waals surface area contributed by atoms with E-state index in [1.54, 1.807) is 25.4 Å². The number of anilines is 2. The Labute approximate surface area is 164 Å². The van der Waals surface area contributed by atoms with Crippen molar-refractivity contribution in [2.45, 2.75) is 6.92 Å². The molecule has 0 spiro atoms. The average Bonchev–Trinajstić information content (AvgIpc) is 3.14. The fraction of sp³-hybridized carbons (Fsp3) is 0.250. The van der Waals surface area contributed by atoms with Gasteiger partial charge in [-0.15, -0.1) is 11.3 Å².